The molecule has 0 bridgehead atoms. The van der Waals surface area contributed by atoms with Crippen LogP contribution in [0.2, 0.25) is 0 Å². The van der Waals surface area contributed by atoms with Crippen molar-refractivity contribution in [2.45, 2.75) is 19.9 Å². The predicted octanol–water partition coefficient (Wildman–Crippen LogP) is 2.05. The van der Waals surface area contributed by atoms with Crippen LogP contribution < -0.4 is 4.74 Å². The maximum atomic E-state index is 5.29. The number of methoxy groups -OCH3 is 1. The van der Waals surface area contributed by atoms with Crippen molar-refractivity contribution >= 4 is 15.9 Å². The van der Waals surface area contributed by atoms with Gasteiger partial charge in [0, 0.05) is 0 Å². The molecule has 0 amide bonds. The minimum absolute atomic E-state index is 0.631. The molecule has 0 aliphatic rings. The molecule has 0 spiro atoms. The number of tetrazole rings is 1. The molecule has 0 N–H and O–H groups in total. The number of hydrogen-bond acceptors (Lipinski definition) is 4. The lowest BCUT2D eigenvalue weighted by molar-refractivity contribution is 0.410. The number of hydrogen-bond donors (Lipinski definition) is 0. The monoisotopic (exact) mass is 296 g/mol. The number of benzene rings is 1. The summed E-state index contributed by atoms with van der Waals surface area (Å²) in [5.74, 6) is 0.923. The molecule has 0 unspecified atom stereocenters. The molecular weight excluding hydrogens is 284 g/mol. The molecule has 1 aromatic carbocycles. The second-order valence-corrected chi connectivity index (χ2v) is 4.31. The second kappa shape index (κ2) is 5.27. The van der Waals surface area contributed by atoms with Crippen LogP contribution in [0.5, 0.6) is 5.75 Å². The van der Waals surface area contributed by atoms with E-state index in [0.717, 1.165) is 17.7 Å². The Morgan fingerprint density at radius 1 is 1.41 bits per heavy atom. The van der Waals surface area contributed by atoms with E-state index in [9.17, 15) is 0 Å². The van der Waals surface area contributed by atoms with Crippen LogP contribution in [0.3, 0.4) is 0 Å². The van der Waals surface area contributed by atoms with Crippen LogP contribution in [0, 0.1) is 0 Å². The lowest BCUT2D eigenvalue weighted by Crippen LogP contribution is -2.03. The molecule has 0 radical (unpaired) electrons. The highest BCUT2D eigenvalue weighted by Crippen LogP contribution is 2.21. The van der Waals surface area contributed by atoms with Crippen LogP contribution in [0.4, 0.5) is 0 Å². The van der Waals surface area contributed by atoms with Crippen molar-refractivity contribution in [3.63, 3.8) is 0 Å². The molecule has 1 aromatic heterocycles. The number of aryl methyl sites for hydroxylation is 1. The quantitative estimate of drug-likeness (QED) is 0.866. The van der Waals surface area contributed by atoms with E-state index < -0.39 is 0 Å². The first-order valence-corrected chi connectivity index (χ1v) is 6.11. The van der Waals surface area contributed by atoms with Gasteiger partial charge in [0.15, 0.2) is 0 Å². The Labute approximate surface area is 108 Å². The fraction of sp³-hybridized carbons (Fsp3) is 0.364. The Hall–Kier alpha value is -1.43. The molecule has 0 aliphatic heterocycles. The van der Waals surface area contributed by atoms with Gasteiger partial charge in [0.05, 0.1) is 13.7 Å². The zero-order valence-electron chi connectivity index (χ0n) is 9.72. The topological polar surface area (TPSA) is 52.8 Å². The number of aromatic nitrogens is 4. The molecule has 1 heterocycles. The number of ether oxygens (including phenoxy) is 1. The van der Waals surface area contributed by atoms with Gasteiger partial charge in [-0.25, -0.2) is 4.68 Å². The number of rotatable bonds is 4. The zero-order chi connectivity index (χ0) is 12.3. The first-order chi connectivity index (χ1) is 8.24. The summed E-state index contributed by atoms with van der Waals surface area (Å²) in [4.78, 5) is 0. The van der Waals surface area contributed by atoms with E-state index in [1.54, 1.807) is 11.8 Å². The highest BCUT2D eigenvalue weighted by Gasteiger charge is 2.06. The van der Waals surface area contributed by atoms with Gasteiger partial charge in [0.2, 0.25) is 4.73 Å². The fourth-order valence-electron chi connectivity index (χ4n) is 1.67. The van der Waals surface area contributed by atoms with Gasteiger partial charge in [-0.3, -0.25) is 0 Å². The average Bonchev–Trinajstić information content (AvgIpc) is 2.75. The molecule has 6 heteroatoms. The minimum Gasteiger partial charge on any atom is -0.496 e. The van der Waals surface area contributed by atoms with Crippen molar-refractivity contribution in [2.24, 2.45) is 0 Å². The molecule has 0 saturated carbocycles. The van der Waals surface area contributed by atoms with E-state index >= 15 is 0 Å². The maximum absolute atomic E-state index is 5.29. The lowest BCUT2D eigenvalue weighted by atomic mass is 10.1. The van der Waals surface area contributed by atoms with Gasteiger partial charge in [-0.1, -0.05) is 19.1 Å². The molecule has 5 nitrogen and oxygen atoms in total. The summed E-state index contributed by atoms with van der Waals surface area (Å²) < 4.78 is 7.62. The van der Waals surface area contributed by atoms with Crippen LogP contribution in [-0.2, 0) is 13.0 Å². The Morgan fingerprint density at radius 2 is 2.24 bits per heavy atom. The first kappa shape index (κ1) is 12.0. The molecular formula is C11H13BrN4O. The van der Waals surface area contributed by atoms with E-state index in [1.807, 2.05) is 12.1 Å². The average molecular weight is 297 g/mol. The lowest BCUT2D eigenvalue weighted by Gasteiger charge is -2.09. The van der Waals surface area contributed by atoms with Crippen molar-refractivity contribution in [1.82, 2.24) is 20.2 Å². The predicted molar refractivity (Wildman–Crippen MR) is 67.0 cm³/mol. The Morgan fingerprint density at radius 3 is 2.82 bits per heavy atom. The molecule has 0 aliphatic carbocycles. The van der Waals surface area contributed by atoms with Crippen molar-refractivity contribution in [2.75, 3.05) is 7.11 Å². The zero-order valence-corrected chi connectivity index (χ0v) is 11.3. The Bertz CT molecular complexity index is 512. The summed E-state index contributed by atoms with van der Waals surface area (Å²) in [7, 11) is 1.69. The molecule has 90 valence electrons. The van der Waals surface area contributed by atoms with Crippen molar-refractivity contribution in [1.29, 1.82) is 0 Å². The first-order valence-electron chi connectivity index (χ1n) is 5.32. The van der Waals surface area contributed by atoms with Gasteiger partial charge in [0.1, 0.15) is 5.75 Å². The summed E-state index contributed by atoms with van der Waals surface area (Å²) in [5.41, 5.74) is 2.34. The molecule has 17 heavy (non-hydrogen) atoms. The molecule has 0 atom stereocenters. The Kier molecular flexibility index (Phi) is 3.73. The van der Waals surface area contributed by atoms with Gasteiger partial charge in [-0.05, 0) is 50.0 Å². The van der Waals surface area contributed by atoms with Gasteiger partial charge in [0.25, 0.3) is 0 Å². The SMILES string of the molecule is CCc1cc(Cn2nnnc2Br)ccc1OC. The van der Waals surface area contributed by atoms with Crippen molar-refractivity contribution in [3.05, 3.63) is 34.1 Å². The van der Waals surface area contributed by atoms with Gasteiger partial charge >= 0.3 is 0 Å². The summed E-state index contributed by atoms with van der Waals surface area (Å²) in [6.45, 7) is 2.75. The molecule has 0 saturated heterocycles. The third-order valence-corrected chi connectivity index (χ3v) is 3.11. The summed E-state index contributed by atoms with van der Waals surface area (Å²) in [5, 5.41) is 11.3. The van der Waals surface area contributed by atoms with Crippen LogP contribution in [0.15, 0.2) is 22.9 Å². The van der Waals surface area contributed by atoms with Gasteiger partial charge in [-0.15, -0.1) is 5.10 Å². The molecule has 2 rings (SSSR count). The van der Waals surface area contributed by atoms with Gasteiger partial charge in [-0.2, -0.15) is 0 Å². The summed E-state index contributed by atoms with van der Waals surface area (Å²) >= 11 is 3.29. The van der Waals surface area contributed by atoms with E-state index in [2.05, 4.69) is 44.4 Å². The largest absolute Gasteiger partial charge is 0.496 e. The highest BCUT2D eigenvalue weighted by atomic mass is 79.9. The van der Waals surface area contributed by atoms with Crippen LogP contribution >= 0.6 is 15.9 Å². The summed E-state index contributed by atoms with van der Waals surface area (Å²) in [6, 6.07) is 6.12. The fourth-order valence-corrected chi connectivity index (χ4v) is 1.94. The van der Waals surface area contributed by atoms with Crippen molar-refractivity contribution in [3.8, 4) is 5.75 Å². The smallest absolute Gasteiger partial charge is 0.218 e. The van der Waals surface area contributed by atoms with E-state index in [0.29, 0.717) is 11.3 Å². The normalized spacial score (nSPS) is 10.5. The van der Waals surface area contributed by atoms with Gasteiger partial charge < -0.3 is 4.74 Å². The minimum atomic E-state index is 0.631. The van der Waals surface area contributed by atoms with E-state index in [4.69, 9.17) is 4.74 Å². The number of halogens is 1. The molecule has 2 aromatic rings. The Balaban J connectivity index is 2.25. The third kappa shape index (κ3) is 2.63. The van der Waals surface area contributed by atoms with Crippen LogP contribution in [0.25, 0.3) is 0 Å². The van der Waals surface area contributed by atoms with Crippen molar-refractivity contribution < 1.29 is 4.74 Å². The van der Waals surface area contributed by atoms with Crippen LogP contribution in [-0.4, -0.2) is 27.3 Å². The highest BCUT2D eigenvalue weighted by molar-refractivity contribution is 9.10. The standard InChI is InChI=1S/C11H13BrN4O/c1-3-9-6-8(4-5-10(9)17-2)7-16-11(12)13-14-15-16/h4-6H,3,7H2,1-2H3. The summed E-state index contributed by atoms with van der Waals surface area (Å²) in [6.07, 6.45) is 0.938. The van der Waals surface area contributed by atoms with Crippen LogP contribution in [0.1, 0.15) is 18.1 Å². The molecule has 0 fully saturated rings. The maximum Gasteiger partial charge on any atom is 0.218 e. The van der Waals surface area contributed by atoms with E-state index in [-0.39, 0.29) is 0 Å². The van der Waals surface area contributed by atoms with E-state index in [1.165, 1.54) is 5.56 Å². The number of nitrogens with zero attached hydrogens (tertiary/aromatic N) is 4. The second-order valence-electron chi connectivity index (χ2n) is 3.61. The third-order valence-electron chi connectivity index (χ3n) is 2.55.